The Labute approximate surface area is 91.6 Å². The van der Waals surface area contributed by atoms with Crippen molar-refractivity contribution in [3.05, 3.63) is 28.4 Å². The molecular formula is C6H7N4NaO. The minimum absolute atomic E-state index is 0. The molecule has 5 nitrogen and oxygen atoms in total. The Balaban J connectivity index is 0.000000720. The van der Waals surface area contributed by atoms with Crippen LogP contribution in [0, 0.1) is 6.92 Å². The summed E-state index contributed by atoms with van der Waals surface area (Å²) >= 11 is 0. The molecule has 0 aliphatic rings. The van der Waals surface area contributed by atoms with Gasteiger partial charge >= 0.3 is 29.6 Å². The molecule has 2 aromatic rings. The quantitative estimate of drug-likeness (QED) is 0.429. The Kier molecular flexibility index (Phi) is 2.66. The maximum Gasteiger partial charge on any atom is 1.00 e. The SMILES string of the molecule is Cc1cc(=O)n2[nH]cnc2n1.[H-].[Na+]. The Morgan fingerprint density at radius 3 is 3.17 bits per heavy atom. The molecule has 0 aliphatic carbocycles. The number of hydrogen-bond acceptors (Lipinski definition) is 3. The maximum atomic E-state index is 11.1. The number of nitrogens with zero attached hydrogens (tertiary/aromatic N) is 3. The van der Waals surface area contributed by atoms with Crippen molar-refractivity contribution in [2.75, 3.05) is 0 Å². The molecule has 12 heavy (non-hydrogen) atoms. The molecule has 0 radical (unpaired) electrons. The van der Waals surface area contributed by atoms with E-state index in [0.29, 0.717) is 11.5 Å². The molecule has 0 atom stereocenters. The van der Waals surface area contributed by atoms with Crippen molar-refractivity contribution in [1.29, 1.82) is 0 Å². The van der Waals surface area contributed by atoms with Crippen LogP contribution in [0.4, 0.5) is 0 Å². The van der Waals surface area contributed by atoms with E-state index in [4.69, 9.17) is 0 Å². The Bertz CT molecular complexity index is 451. The summed E-state index contributed by atoms with van der Waals surface area (Å²) in [5.74, 6) is 0.412. The maximum absolute atomic E-state index is 11.1. The zero-order valence-corrected chi connectivity index (χ0v) is 8.90. The molecule has 0 bridgehead atoms. The number of hydrogen-bond donors (Lipinski definition) is 1. The zero-order valence-electron chi connectivity index (χ0n) is 7.90. The zero-order chi connectivity index (χ0) is 7.84. The first-order chi connectivity index (χ1) is 5.27. The van der Waals surface area contributed by atoms with Crippen LogP contribution < -0.4 is 35.1 Å². The van der Waals surface area contributed by atoms with E-state index in [2.05, 4.69) is 15.1 Å². The van der Waals surface area contributed by atoms with E-state index in [1.807, 2.05) is 0 Å². The van der Waals surface area contributed by atoms with E-state index in [-0.39, 0.29) is 36.5 Å². The van der Waals surface area contributed by atoms with E-state index < -0.39 is 0 Å². The van der Waals surface area contributed by atoms with Gasteiger partial charge < -0.3 is 1.43 Å². The molecule has 0 amide bonds. The van der Waals surface area contributed by atoms with Crippen LogP contribution in [0.25, 0.3) is 5.78 Å². The first-order valence-electron chi connectivity index (χ1n) is 3.17. The number of aryl methyl sites for hydroxylation is 1. The van der Waals surface area contributed by atoms with E-state index >= 15 is 0 Å². The molecule has 58 valence electrons. The smallest absolute Gasteiger partial charge is 1.00 e. The molecule has 0 spiro atoms. The van der Waals surface area contributed by atoms with Gasteiger partial charge in [-0.1, -0.05) is 0 Å². The van der Waals surface area contributed by atoms with Gasteiger partial charge in [0.25, 0.3) is 11.3 Å². The molecule has 0 saturated carbocycles. The summed E-state index contributed by atoms with van der Waals surface area (Å²) < 4.78 is 1.28. The van der Waals surface area contributed by atoms with Crippen molar-refractivity contribution in [3.63, 3.8) is 0 Å². The van der Waals surface area contributed by atoms with Crippen molar-refractivity contribution < 1.29 is 31.0 Å². The number of aromatic amines is 1. The van der Waals surface area contributed by atoms with Gasteiger partial charge in [0.05, 0.1) is 0 Å². The average molecular weight is 174 g/mol. The molecule has 0 aliphatic heterocycles. The second-order valence-corrected chi connectivity index (χ2v) is 2.26. The normalized spacial score (nSPS) is 9.75. The van der Waals surface area contributed by atoms with E-state index in [0.717, 1.165) is 0 Å². The van der Waals surface area contributed by atoms with Crippen molar-refractivity contribution >= 4 is 5.78 Å². The van der Waals surface area contributed by atoms with Crippen LogP contribution in [0.15, 0.2) is 17.2 Å². The number of H-pyrrole nitrogens is 1. The molecular weight excluding hydrogens is 167 g/mol. The summed E-state index contributed by atoms with van der Waals surface area (Å²) in [5, 5.41) is 2.65. The van der Waals surface area contributed by atoms with E-state index in [9.17, 15) is 4.79 Å². The Hall–Kier alpha value is -0.650. The molecule has 0 saturated heterocycles. The second kappa shape index (κ2) is 3.38. The minimum atomic E-state index is -0.134. The number of fused-ring (bicyclic) bond motifs is 1. The molecule has 0 aromatic carbocycles. The van der Waals surface area contributed by atoms with Gasteiger partial charge in [-0.25, -0.2) is 9.97 Å². The predicted octanol–water partition coefficient (Wildman–Crippen LogP) is -3.16. The third kappa shape index (κ3) is 1.43. The minimum Gasteiger partial charge on any atom is -1.00 e. The third-order valence-electron chi connectivity index (χ3n) is 1.40. The third-order valence-corrected chi connectivity index (χ3v) is 1.40. The fourth-order valence-corrected chi connectivity index (χ4v) is 0.934. The van der Waals surface area contributed by atoms with Gasteiger partial charge in [-0.2, -0.15) is 4.52 Å². The number of aromatic nitrogens is 4. The first kappa shape index (κ1) is 9.44. The molecule has 1 N–H and O–H groups in total. The fourth-order valence-electron chi connectivity index (χ4n) is 0.934. The molecule has 6 heteroatoms. The van der Waals surface area contributed by atoms with Gasteiger partial charge in [-0.05, 0) is 6.92 Å². The summed E-state index contributed by atoms with van der Waals surface area (Å²) in [6.07, 6.45) is 1.43. The fraction of sp³-hybridized carbons (Fsp3) is 0.167. The summed E-state index contributed by atoms with van der Waals surface area (Å²) in [6, 6.07) is 1.45. The number of rotatable bonds is 0. The summed E-state index contributed by atoms with van der Waals surface area (Å²) in [4.78, 5) is 19.0. The van der Waals surface area contributed by atoms with Crippen LogP contribution in [-0.2, 0) is 0 Å². The van der Waals surface area contributed by atoms with Crippen LogP contribution in [-0.4, -0.2) is 19.6 Å². The summed E-state index contributed by atoms with van der Waals surface area (Å²) in [6.45, 7) is 1.76. The Morgan fingerprint density at radius 1 is 1.67 bits per heavy atom. The van der Waals surface area contributed by atoms with Crippen LogP contribution in [0.3, 0.4) is 0 Å². The van der Waals surface area contributed by atoms with Gasteiger partial charge in [-0.3, -0.25) is 9.89 Å². The standard InChI is InChI=1S/C6H6N4O.Na.H/c1-4-2-5(11)10-6(9-4)7-3-8-10;;/h2-3H,1H3,(H,7,8,9);;/q;+1;-1. The van der Waals surface area contributed by atoms with Crippen molar-refractivity contribution in [3.8, 4) is 0 Å². The summed E-state index contributed by atoms with van der Waals surface area (Å²) in [7, 11) is 0. The molecule has 0 unspecified atom stereocenters. The molecule has 0 fully saturated rings. The Morgan fingerprint density at radius 2 is 2.42 bits per heavy atom. The van der Waals surface area contributed by atoms with E-state index in [1.54, 1.807) is 6.92 Å². The largest absolute Gasteiger partial charge is 1.00 e. The van der Waals surface area contributed by atoms with Gasteiger partial charge in [0.15, 0.2) is 0 Å². The van der Waals surface area contributed by atoms with Crippen LogP contribution in [0.5, 0.6) is 0 Å². The summed E-state index contributed by atoms with van der Waals surface area (Å²) in [5.41, 5.74) is 0.548. The van der Waals surface area contributed by atoms with Crippen molar-refractivity contribution in [2.45, 2.75) is 6.92 Å². The van der Waals surface area contributed by atoms with Crippen molar-refractivity contribution in [1.82, 2.24) is 19.6 Å². The average Bonchev–Trinajstić information content (AvgIpc) is 2.34. The molecule has 2 heterocycles. The van der Waals surface area contributed by atoms with Gasteiger partial charge in [0.1, 0.15) is 6.33 Å². The van der Waals surface area contributed by atoms with Crippen LogP contribution in [0.1, 0.15) is 7.12 Å². The monoisotopic (exact) mass is 174 g/mol. The predicted molar refractivity (Wildman–Crippen MR) is 39.5 cm³/mol. The molecule has 2 rings (SSSR count). The molecule has 2 aromatic heterocycles. The van der Waals surface area contributed by atoms with Gasteiger partial charge in [0.2, 0.25) is 0 Å². The van der Waals surface area contributed by atoms with E-state index in [1.165, 1.54) is 16.9 Å². The second-order valence-electron chi connectivity index (χ2n) is 2.26. The van der Waals surface area contributed by atoms with Crippen LogP contribution in [0.2, 0.25) is 0 Å². The topological polar surface area (TPSA) is 63.0 Å². The number of nitrogens with one attached hydrogen (secondary N) is 1. The van der Waals surface area contributed by atoms with Crippen LogP contribution >= 0.6 is 0 Å². The van der Waals surface area contributed by atoms with Gasteiger partial charge in [-0.15, -0.1) is 0 Å². The van der Waals surface area contributed by atoms with Gasteiger partial charge in [0, 0.05) is 11.8 Å². The van der Waals surface area contributed by atoms with Crippen molar-refractivity contribution in [2.24, 2.45) is 0 Å². The first-order valence-corrected chi connectivity index (χ1v) is 3.17.